The minimum atomic E-state index is 1.19. The molecule has 2 rings (SSSR count). The largest absolute Gasteiger partial charge is 0.338 e. The molecular formula is C12H14BrN. The maximum atomic E-state index is 3.62. The topological polar surface area (TPSA) is 4.93 Å². The van der Waals surface area contributed by atoms with Gasteiger partial charge in [-0.3, -0.25) is 0 Å². The average Bonchev–Trinajstić information content (AvgIpc) is 2.38. The average molecular weight is 252 g/mol. The molecule has 0 spiro atoms. The molecule has 74 valence electrons. The number of aryl methyl sites for hydroxylation is 4. The van der Waals surface area contributed by atoms with Gasteiger partial charge in [-0.2, -0.15) is 0 Å². The molecule has 1 aromatic carbocycles. The second-order valence-electron chi connectivity index (χ2n) is 3.90. The molecule has 0 unspecified atom stereocenters. The number of aromatic nitrogens is 1. The van der Waals surface area contributed by atoms with Crippen molar-refractivity contribution in [2.45, 2.75) is 20.8 Å². The molecule has 0 bridgehead atoms. The molecule has 1 nitrogen and oxygen atoms in total. The minimum absolute atomic E-state index is 1.19. The Bertz CT molecular complexity index is 464. The van der Waals surface area contributed by atoms with E-state index in [1.807, 2.05) is 0 Å². The third-order valence-corrected chi connectivity index (χ3v) is 4.03. The van der Waals surface area contributed by atoms with Gasteiger partial charge in [-0.05, 0) is 53.4 Å². The van der Waals surface area contributed by atoms with Crippen molar-refractivity contribution in [2.75, 3.05) is 0 Å². The second kappa shape index (κ2) is 3.13. The molecule has 2 heteroatoms. The van der Waals surface area contributed by atoms with Crippen LogP contribution in [0.25, 0.3) is 10.9 Å². The molecule has 0 saturated carbocycles. The van der Waals surface area contributed by atoms with Crippen LogP contribution in [0.15, 0.2) is 16.7 Å². The Balaban J connectivity index is 3.08. The summed E-state index contributed by atoms with van der Waals surface area (Å²) in [6.07, 6.45) is 0. The van der Waals surface area contributed by atoms with Crippen molar-refractivity contribution in [3.05, 3.63) is 33.4 Å². The van der Waals surface area contributed by atoms with Crippen molar-refractivity contribution in [3.63, 3.8) is 0 Å². The first kappa shape index (κ1) is 9.78. The first-order valence-electron chi connectivity index (χ1n) is 4.74. The Labute approximate surface area is 92.9 Å². The number of rotatable bonds is 0. The minimum Gasteiger partial charge on any atom is -0.338 e. The van der Waals surface area contributed by atoms with Crippen molar-refractivity contribution in [1.82, 2.24) is 4.57 Å². The van der Waals surface area contributed by atoms with Crippen molar-refractivity contribution in [1.29, 1.82) is 0 Å². The Morgan fingerprint density at radius 3 is 2.21 bits per heavy atom. The summed E-state index contributed by atoms with van der Waals surface area (Å²) in [5, 5.41) is 1.39. The fourth-order valence-corrected chi connectivity index (χ4v) is 2.53. The maximum absolute atomic E-state index is 3.62. The Morgan fingerprint density at radius 2 is 1.64 bits per heavy atom. The van der Waals surface area contributed by atoms with Gasteiger partial charge in [0.2, 0.25) is 0 Å². The van der Waals surface area contributed by atoms with Gasteiger partial charge < -0.3 is 4.57 Å². The summed E-state index contributed by atoms with van der Waals surface area (Å²) >= 11 is 3.62. The lowest BCUT2D eigenvalue weighted by Gasteiger charge is -2.03. The summed E-state index contributed by atoms with van der Waals surface area (Å²) in [7, 11) is 2.10. The lowest BCUT2D eigenvalue weighted by Crippen LogP contribution is -1.89. The van der Waals surface area contributed by atoms with Gasteiger partial charge in [0, 0.05) is 12.4 Å². The van der Waals surface area contributed by atoms with Crippen LogP contribution < -0.4 is 0 Å². The number of hydrogen-bond acceptors (Lipinski definition) is 0. The highest BCUT2D eigenvalue weighted by atomic mass is 79.9. The summed E-state index contributed by atoms with van der Waals surface area (Å²) in [6, 6.07) is 4.38. The highest BCUT2D eigenvalue weighted by molar-refractivity contribution is 9.10. The van der Waals surface area contributed by atoms with Gasteiger partial charge in [-0.25, -0.2) is 0 Å². The zero-order valence-electron chi connectivity index (χ0n) is 8.98. The summed E-state index contributed by atoms with van der Waals surface area (Å²) in [5.41, 5.74) is 5.37. The highest BCUT2D eigenvalue weighted by Gasteiger charge is 2.12. The molecule has 0 aliphatic rings. The van der Waals surface area contributed by atoms with Gasteiger partial charge in [0.25, 0.3) is 0 Å². The van der Waals surface area contributed by atoms with E-state index in [9.17, 15) is 0 Å². The van der Waals surface area contributed by atoms with Gasteiger partial charge in [0.15, 0.2) is 0 Å². The van der Waals surface area contributed by atoms with Gasteiger partial charge >= 0.3 is 0 Å². The zero-order chi connectivity index (χ0) is 10.5. The predicted octanol–water partition coefficient (Wildman–Crippen LogP) is 3.87. The van der Waals surface area contributed by atoms with E-state index in [4.69, 9.17) is 0 Å². The fraction of sp³-hybridized carbons (Fsp3) is 0.333. The second-order valence-corrected chi connectivity index (χ2v) is 4.65. The third kappa shape index (κ3) is 1.13. The van der Waals surface area contributed by atoms with Crippen LogP contribution in [0.5, 0.6) is 0 Å². The van der Waals surface area contributed by atoms with E-state index < -0.39 is 0 Å². The molecule has 1 heterocycles. The van der Waals surface area contributed by atoms with E-state index in [1.54, 1.807) is 0 Å². The molecule has 0 N–H and O–H groups in total. The van der Waals surface area contributed by atoms with Crippen LogP contribution in [0.1, 0.15) is 16.7 Å². The molecule has 0 fully saturated rings. The molecule has 0 radical (unpaired) electrons. The third-order valence-electron chi connectivity index (χ3n) is 2.90. The lowest BCUT2D eigenvalue weighted by molar-refractivity contribution is 0.930. The van der Waals surface area contributed by atoms with E-state index >= 15 is 0 Å². The maximum Gasteiger partial charge on any atom is 0.0884 e. The van der Waals surface area contributed by atoms with Crippen LogP contribution in [-0.4, -0.2) is 4.57 Å². The standard InChI is InChI=1S/C12H14BrN/c1-7-5-6-8(2)11-10(7)9(3)12(13)14(11)4/h5-6H,1-4H3. The molecular weight excluding hydrogens is 238 g/mol. The van der Waals surface area contributed by atoms with E-state index in [1.165, 1.54) is 32.2 Å². The van der Waals surface area contributed by atoms with Crippen molar-refractivity contribution in [2.24, 2.45) is 7.05 Å². The van der Waals surface area contributed by atoms with Gasteiger partial charge in [-0.1, -0.05) is 12.1 Å². The normalized spacial score (nSPS) is 11.2. The van der Waals surface area contributed by atoms with Crippen LogP contribution >= 0.6 is 15.9 Å². The Morgan fingerprint density at radius 1 is 1.07 bits per heavy atom. The Kier molecular flexibility index (Phi) is 2.18. The zero-order valence-corrected chi connectivity index (χ0v) is 10.6. The molecule has 0 saturated heterocycles. The van der Waals surface area contributed by atoms with Crippen LogP contribution in [0.2, 0.25) is 0 Å². The summed E-state index contributed by atoms with van der Waals surface area (Å²) < 4.78 is 3.40. The summed E-state index contributed by atoms with van der Waals surface area (Å²) in [5.74, 6) is 0. The molecule has 0 aliphatic heterocycles. The van der Waals surface area contributed by atoms with Gasteiger partial charge in [-0.15, -0.1) is 0 Å². The van der Waals surface area contributed by atoms with E-state index in [-0.39, 0.29) is 0 Å². The fourth-order valence-electron chi connectivity index (χ4n) is 2.15. The molecule has 0 aliphatic carbocycles. The molecule has 14 heavy (non-hydrogen) atoms. The quantitative estimate of drug-likeness (QED) is 0.670. The number of benzene rings is 1. The monoisotopic (exact) mass is 251 g/mol. The first-order chi connectivity index (χ1) is 6.54. The SMILES string of the molecule is Cc1ccc(C)c2c1c(C)c(Br)n2C. The van der Waals surface area contributed by atoms with E-state index in [2.05, 4.69) is 60.4 Å². The highest BCUT2D eigenvalue weighted by Crippen LogP contribution is 2.32. The first-order valence-corrected chi connectivity index (χ1v) is 5.54. The van der Waals surface area contributed by atoms with Crippen LogP contribution in [0, 0.1) is 20.8 Å². The van der Waals surface area contributed by atoms with Gasteiger partial charge in [0.1, 0.15) is 0 Å². The summed E-state index contributed by atoms with van der Waals surface area (Å²) in [6.45, 7) is 6.49. The Hall–Kier alpha value is -0.760. The number of halogens is 1. The van der Waals surface area contributed by atoms with Crippen LogP contribution in [-0.2, 0) is 7.05 Å². The van der Waals surface area contributed by atoms with Crippen LogP contribution in [0.3, 0.4) is 0 Å². The molecule has 1 aromatic heterocycles. The number of fused-ring (bicyclic) bond motifs is 1. The van der Waals surface area contributed by atoms with Crippen molar-refractivity contribution >= 4 is 26.8 Å². The van der Waals surface area contributed by atoms with Crippen LogP contribution in [0.4, 0.5) is 0 Å². The summed E-state index contributed by atoms with van der Waals surface area (Å²) in [4.78, 5) is 0. The van der Waals surface area contributed by atoms with Crippen molar-refractivity contribution in [3.8, 4) is 0 Å². The molecule has 0 amide bonds. The number of hydrogen-bond donors (Lipinski definition) is 0. The lowest BCUT2D eigenvalue weighted by atomic mass is 10.1. The van der Waals surface area contributed by atoms with E-state index in [0.29, 0.717) is 0 Å². The molecule has 0 atom stereocenters. The van der Waals surface area contributed by atoms with Crippen molar-refractivity contribution < 1.29 is 0 Å². The smallest absolute Gasteiger partial charge is 0.0884 e. The van der Waals surface area contributed by atoms with E-state index in [0.717, 1.165) is 0 Å². The number of nitrogens with zero attached hydrogens (tertiary/aromatic N) is 1. The van der Waals surface area contributed by atoms with Gasteiger partial charge in [0.05, 0.1) is 10.1 Å². The predicted molar refractivity (Wildman–Crippen MR) is 64.8 cm³/mol. The molecule has 2 aromatic rings.